The number of fused-ring (bicyclic) bond motifs is 1. The zero-order valence-corrected chi connectivity index (χ0v) is 14.0. The zero-order valence-electron chi connectivity index (χ0n) is 12.4. The van der Waals surface area contributed by atoms with Gasteiger partial charge in [0.05, 0.1) is 4.90 Å². The molecule has 1 unspecified atom stereocenters. The molecule has 5 nitrogen and oxygen atoms in total. The topological polar surface area (TPSA) is 66.6 Å². The minimum absolute atomic E-state index is 0.398. The number of aryl methyl sites for hydroxylation is 1. The van der Waals surface area contributed by atoms with E-state index >= 15 is 0 Å². The number of rotatable bonds is 3. The van der Waals surface area contributed by atoms with Crippen molar-refractivity contribution in [1.29, 1.82) is 0 Å². The number of sulfonamides is 1. The standard InChI is InChI=1S/C14H23N3O2S2/c1-11-14(8-13(9-15)20-11)21(18,19)17-7-3-6-16-5-2-4-12(16)10-17/h8,12H,2-7,9-10,15H2,1H3. The molecule has 2 aliphatic heterocycles. The largest absolute Gasteiger partial charge is 0.326 e. The lowest BCUT2D eigenvalue weighted by molar-refractivity contribution is 0.257. The van der Waals surface area contributed by atoms with E-state index in [2.05, 4.69) is 4.90 Å². The van der Waals surface area contributed by atoms with Crippen LogP contribution in [0.2, 0.25) is 0 Å². The highest BCUT2D eigenvalue weighted by molar-refractivity contribution is 7.89. The van der Waals surface area contributed by atoms with Gasteiger partial charge in [-0.3, -0.25) is 4.90 Å². The summed E-state index contributed by atoms with van der Waals surface area (Å²) in [6.45, 7) is 5.67. The highest BCUT2D eigenvalue weighted by Gasteiger charge is 2.35. The van der Waals surface area contributed by atoms with Crippen LogP contribution in [0.3, 0.4) is 0 Å². The van der Waals surface area contributed by atoms with Gasteiger partial charge in [0.15, 0.2) is 0 Å². The Morgan fingerprint density at radius 3 is 2.81 bits per heavy atom. The fraction of sp³-hybridized carbons (Fsp3) is 0.714. The Labute approximate surface area is 130 Å². The molecule has 0 radical (unpaired) electrons. The van der Waals surface area contributed by atoms with Crippen LogP contribution in [0.4, 0.5) is 0 Å². The van der Waals surface area contributed by atoms with Crippen molar-refractivity contribution in [2.24, 2.45) is 5.73 Å². The average molecular weight is 329 g/mol. The summed E-state index contributed by atoms with van der Waals surface area (Å²) >= 11 is 1.49. The molecule has 2 fully saturated rings. The van der Waals surface area contributed by atoms with Crippen molar-refractivity contribution in [2.45, 2.75) is 43.7 Å². The third-order valence-electron chi connectivity index (χ3n) is 4.51. The number of nitrogens with two attached hydrogens (primary N) is 1. The normalized spacial score (nSPS) is 25.0. The lowest BCUT2D eigenvalue weighted by atomic mass is 10.2. The summed E-state index contributed by atoms with van der Waals surface area (Å²) in [5.74, 6) is 0. The Morgan fingerprint density at radius 1 is 1.33 bits per heavy atom. The van der Waals surface area contributed by atoms with Crippen molar-refractivity contribution in [3.63, 3.8) is 0 Å². The van der Waals surface area contributed by atoms with Crippen molar-refractivity contribution in [3.8, 4) is 0 Å². The Hall–Kier alpha value is -0.470. The average Bonchev–Trinajstić information content (AvgIpc) is 2.99. The van der Waals surface area contributed by atoms with Crippen LogP contribution >= 0.6 is 11.3 Å². The van der Waals surface area contributed by atoms with E-state index in [1.807, 2.05) is 6.92 Å². The van der Waals surface area contributed by atoms with Crippen LogP contribution in [0.1, 0.15) is 29.0 Å². The fourth-order valence-electron chi connectivity index (χ4n) is 3.41. The minimum atomic E-state index is -3.38. The molecule has 2 saturated heterocycles. The predicted octanol–water partition coefficient (Wildman–Crippen LogP) is 1.37. The molecule has 0 spiro atoms. The summed E-state index contributed by atoms with van der Waals surface area (Å²) in [6.07, 6.45) is 3.22. The molecular formula is C14H23N3O2S2. The molecule has 0 aromatic carbocycles. The third-order valence-corrected chi connectivity index (χ3v) is 7.70. The van der Waals surface area contributed by atoms with Crippen LogP contribution in [0.15, 0.2) is 11.0 Å². The van der Waals surface area contributed by atoms with E-state index < -0.39 is 10.0 Å². The van der Waals surface area contributed by atoms with E-state index in [9.17, 15) is 8.42 Å². The molecule has 1 aromatic rings. The molecule has 2 N–H and O–H groups in total. The maximum absolute atomic E-state index is 13.0. The first-order valence-electron chi connectivity index (χ1n) is 7.56. The summed E-state index contributed by atoms with van der Waals surface area (Å²) in [5, 5.41) is 0. The van der Waals surface area contributed by atoms with Gasteiger partial charge in [0.25, 0.3) is 0 Å². The summed E-state index contributed by atoms with van der Waals surface area (Å²) in [7, 11) is -3.38. The Kier molecular flexibility index (Phi) is 4.38. The van der Waals surface area contributed by atoms with Crippen molar-refractivity contribution >= 4 is 21.4 Å². The molecule has 118 valence electrons. The second kappa shape index (κ2) is 5.96. The van der Waals surface area contributed by atoms with Crippen LogP contribution in [0.25, 0.3) is 0 Å². The molecule has 3 heterocycles. The molecule has 3 rings (SSSR count). The molecule has 1 atom stereocenters. The second-order valence-electron chi connectivity index (χ2n) is 5.89. The van der Waals surface area contributed by atoms with Crippen LogP contribution < -0.4 is 5.73 Å². The predicted molar refractivity (Wildman–Crippen MR) is 84.9 cm³/mol. The molecule has 0 amide bonds. The van der Waals surface area contributed by atoms with E-state index in [0.29, 0.717) is 30.6 Å². The number of hydrogen-bond donors (Lipinski definition) is 1. The summed E-state index contributed by atoms with van der Waals surface area (Å²) in [4.78, 5) is 4.69. The van der Waals surface area contributed by atoms with E-state index in [-0.39, 0.29) is 0 Å². The maximum Gasteiger partial charge on any atom is 0.244 e. The highest BCUT2D eigenvalue weighted by Crippen LogP contribution is 2.30. The van der Waals surface area contributed by atoms with Gasteiger partial charge in [0, 0.05) is 35.4 Å². The first kappa shape index (κ1) is 15.4. The van der Waals surface area contributed by atoms with Gasteiger partial charge >= 0.3 is 0 Å². The lowest BCUT2D eigenvalue weighted by Crippen LogP contribution is -2.39. The SMILES string of the molecule is Cc1sc(CN)cc1S(=O)(=O)N1CCCN2CCCC2C1. The molecule has 1 aromatic heterocycles. The smallest absolute Gasteiger partial charge is 0.244 e. The lowest BCUT2D eigenvalue weighted by Gasteiger charge is -2.25. The van der Waals surface area contributed by atoms with Gasteiger partial charge in [-0.25, -0.2) is 8.42 Å². The highest BCUT2D eigenvalue weighted by atomic mass is 32.2. The van der Waals surface area contributed by atoms with E-state index in [1.54, 1.807) is 10.4 Å². The first-order valence-corrected chi connectivity index (χ1v) is 9.81. The minimum Gasteiger partial charge on any atom is -0.326 e. The fourth-order valence-corrected chi connectivity index (χ4v) is 6.41. The van der Waals surface area contributed by atoms with E-state index in [1.165, 1.54) is 17.8 Å². The maximum atomic E-state index is 13.0. The number of hydrogen-bond acceptors (Lipinski definition) is 5. The summed E-state index contributed by atoms with van der Waals surface area (Å²) < 4.78 is 27.6. The van der Waals surface area contributed by atoms with Crippen LogP contribution in [-0.2, 0) is 16.6 Å². The quantitative estimate of drug-likeness (QED) is 0.910. The van der Waals surface area contributed by atoms with Crippen LogP contribution in [0.5, 0.6) is 0 Å². The second-order valence-corrected chi connectivity index (χ2v) is 9.13. The van der Waals surface area contributed by atoms with Gasteiger partial charge in [-0.1, -0.05) is 0 Å². The Morgan fingerprint density at radius 2 is 2.10 bits per heavy atom. The van der Waals surface area contributed by atoms with Gasteiger partial charge < -0.3 is 5.73 Å². The molecule has 21 heavy (non-hydrogen) atoms. The van der Waals surface area contributed by atoms with E-state index in [4.69, 9.17) is 5.73 Å². The van der Waals surface area contributed by atoms with Crippen LogP contribution in [0, 0.1) is 6.92 Å². The van der Waals surface area contributed by atoms with Crippen molar-refractivity contribution in [2.75, 3.05) is 26.2 Å². The van der Waals surface area contributed by atoms with Crippen molar-refractivity contribution in [3.05, 3.63) is 15.8 Å². The number of thiophene rings is 1. The van der Waals surface area contributed by atoms with Gasteiger partial charge in [-0.05, 0) is 45.3 Å². The number of nitrogens with zero attached hydrogens (tertiary/aromatic N) is 2. The summed E-state index contributed by atoms with van der Waals surface area (Å²) in [6, 6.07) is 2.15. The summed E-state index contributed by atoms with van der Waals surface area (Å²) in [5.41, 5.74) is 5.64. The molecule has 2 aliphatic rings. The molecule has 7 heteroatoms. The Bertz CT molecular complexity index is 612. The molecule has 0 aliphatic carbocycles. The Balaban J connectivity index is 1.88. The van der Waals surface area contributed by atoms with Crippen molar-refractivity contribution in [1.82, 2.24) is 9.21 Å². The molecule has 0 saturated carbocycles. The zero-order chi connectivity index (χ0) is 15.0. The third kappa shape index (κ3) is 2.90. The van der Waals surface area contributed by atoms with Gasteiger partial charge in [0.2, 0.25) is 10.0 Å². The van der Waals surface area contributed by atoms with Gasteiger partial charge in [0.1, 0.15) is 0 Å². The monoisotopic (exact) mass is 329 g/mol. The first-order chi connectivity index (χ1) is 10.0. The molecule has 0 bridgehead atoms. The van der Waals surface area contributed by atoms with E-state index in [0.717, 1.165) is 35.7 Å². The van der Waals surface area contributed by atoms with Gasteiger partial charge in [-0.2, -0.15) is 4.31 Å². The van der Waals surface area contributed by atoms with Crippen LogP contribution in [-0.4, -0.2) is 49.8 Å². The molecular weight excluding hydrogens is 306 g/mol. The van der Waals surface area contributed by atoms with Crippen molar-refractivity contribution < 1.29 is 8.42 Å². The van der Waals surface area contributed by atoms with Gasteiger partial charge in [-0.15, -0.1) is 11.3 Å².